The van der Waals surface area contributed by atoms with Gasteiger partial charge in [0, 0.05) is 62.8 Å². The Morgan fingerprint density at radius 2 is 1.47 bits per heavy atom. The Morgan fingerprint density at radius 1 is 0.785 bits per heavy atom. The van der Waals surface area contributed by atoms with Gasteiger partial charge < -0.3 is 59.9 Å². The number of ketones is 4. The summed E-state index contributed by atoms with van der Waals surface area (Å²) in [6, 6.07) is 9.28. The number of carbonyl (C=O) groups is 10. The number of amides is 3. The third-order valence-corrected chi connectivity index (χ3v) is 13.9. The van der Waals surface area contributed by atoms with Gasteiger partial charge in [-0.15, -0.1) is 0 Å². The average molecular weight is 1130 g/mol. The minimum Gasteiger partial charge on any atom is -0.493 e. The minimum absolute atomic E-state index is 0.00890. The van der Waals surface area contributed by atoms with Crippen molar-refractivity contribution in [1.29, 1.82) is 0 Å². The lowest BCUT2D eigenvalue weighted by molar-refractivity contribution is -0.164. The van der Waals surface area contributed by atoms with E-state index in [1.807, 2.05) is 25.1 Å². The zero-order valence-corrected chi connectivity index (χ0v) is 47.0. The minimum atomic E-state index is -1.37. The number of esters is 1. The quantitative estimate of drug-likeness (QED) is 0.0238. The summed E-state index contributed by atoms with van der Waals surface area (Å²) >= 11 is 3.85. The molecule has 3 rings (SSSR count). The number of hydrogen-bond donors (Lipinski definition) is 6. The number of nitrogens with one attached hydrogen (secondary N) is 2. The molecule has 0 saturated carbocycles. The lowest BCUT2D eigenvalue weighted by atomic mass is 9.84. The Hall–Kier alpha value is -6.27. The summed E-state index contributed by atoms with van der Waals surface area (Å²) in [6.45, 7) is 6.93. The summed E-state index contributed by atoms with van der Waals surface area (Å²) in [6.07, 6.45) is 0.891. The van der Waals surface area contributed by atoms with E-state index in [0.29, 0.717) is 61.2 Å². The Morgan fingerprint density at radius 3 is 2.11 bits per heavy atom. The van der Waals surface area contributed by atoms with E-state index in [1.54, 1.807) is 52.3 Å². The van der Waals surface area contributed by atoms with Gasteiger partial charge in [0.15, 0.2) is 11.5 Å². The average Bonchev–Trinajstić information content (AvgIpc) is 3.45. The van der Waals surface area contributed by atoms with Gasteiger partial charge in [-0.2, -0.15) is 12.6 Å². The number of carboxylic acids is 2. The smallest absolute Gasteiger partial charge is 0.329 e. The van der Waals surface area contributed by atoms with Crippen molar-refractivity contribution in [3.63, 3.8) is 0 Å². The lowest BCUT2D eigenvalue weighted by Gasteiger charge is -2.36. The van der Waals surface area contributed by atoms with Gasteiger partial charge in [-0.05, 0) is 73.8 Å². The molecule has 0 bridgehead atoms. The number of aliphatic carboxylic acids is 2. The van der Waals surface area contributed by atoms with Crippen LogP contribution in [0, 0.1) is 11.3 Å². The number of rotatable bonds is 40. The van der Waals surface area contributed by atoms with Crippen molar-refractivity contribution in [3.05, 3.63) is 59.2 Å². The molecule has 1 aliphatic rings. The van der Waals surface area contributed by atoms with E-state index in [2.05, 4.69) is 23.3 Å². The molecule has 2 aromatic carbocycles. The van der Waals surface area contributed by atoms with E-state index in [1.165, 1.54) is 4.90 Å². The fourth-order valence-corrected chi connectivity index (χ4v) is 8.59. The number of benzene rings is 2. The van der Waals surface area contributed by atoms with Crippen LogP contribution in [0.5, 0.6) is 11.5 Å². The van der Waals surface area contributed by atoms with E-state index in [4.69, 9.17) is 39.3 Å². The molecule has 1 heterocycles. The number of thiol groups is 1. The van der Waals surface area contributed by atoms with Crippen LogP contribution in [0.4, 0.5) is 0 Å². The predicted octanol–water partition coefficient (Wildman–Crippen LogP) is 3.98. The second-order valence-electron chi connectivity index (χ2n) is 19.9. The first-order valence-electron chi connectivity index (χ1n) is 26.7. The van der Waals surface area contributed by atoms with Crippen molar-refractivity contribution in [3.8, 4) is 11.5 Å². The molecule has 23 heteroatoms. The molecule has 0 spiro atoms. The van der Waals surface area contributed by atoms with E-state index in [9.17, 15) is 53.1 Å². The number of nitrogens with zero attached hydrogens (tertiary/aromatic N) is 1. The second kappa shape index (κ2) is 35.4. The molecule has 1 saturated heterocycles. The molecule has 5 atom stereocenters. The van der Waals surface area contributed by atoms with Gasteiger partial charge in [0.1, 0.15) is 35.5 Å². The van der Waals surface area contributed by atoms with Gasteiger partial charge in [-0.1, -0.05) is 51.1 Å². The topological polar surface area (TPSA) is 320 Å². The number of hydrogen-bond acceptors (Lipinski definition) is 18. The third-order valence-electron chi connectivity index (χ3n) is 13.5. The van der Waals surface area contributed by atoms with E-state index >= 15 is 0 Å². The summed E-state index contributed by atoms with van der Waals surface area (Å²) in [7, 11) is 3.09. The molecule has 1 aliphatic heterocycles. The molecule has 3 amide bonds. The molecule has 2 aromatic rings. The summed E-state index contributed by atoms with van der Waals surface area (Å²) in [4.78, 5) is 128. The number of piperidine rings is 1. The highest BCUT2D eigenvalue weighted by Crippen LogP contribution is 2.32. The first-order chi connectivity index (χ1) is 37.6. The zero-order chi connectivity index (χ0) is 58.5. The highest BCUT2D eigenvalue weighted by Gasteiger charge is 2.41. The SMILES string of the molecule is CCC(C)(C)C(=O)C(=O)N1CCCCC1C(=O)OC(CCc1ccc(OC)c(OC)c1)c1cccc(CC(=O)CCC(=O)NCCOCCOCCOCCC(=O)CC[C@H](N)C(=O)C[C@@H](CC(=O)O)C(=O)N[C@@H](CS)C(=O)O)c1. The Labute approximate surface area is 467 Å². The normalized spacial score (nSPS) is 14.9. The maximum absolute atomic E-state index is 14.0. The van der Waals surface area contributed by atoms with Crippen LogP contribution in [0.2, 0.25) is 0 Å². The monoisotopic (exact) mass is 1130 g/mol. The number of carboxylic acid groups (broad SMARTS) is 2. The maximum Gasteiger partial charge on any atom is 0.329 e. The Bertz CT molecular complexity index is 2380. The van der Waals surface area contributed by atoms with E-state index in [-0.39, 0.29) is 114 Å². The Balaban J connectivity index is 1.37. The van der Waals surface area contributed by atoms with E-state index < -0.39 is 89.7 Å². The van der Waals surface area contributed by atoms with Crippen LogP contribution < -0.4 is 25.8 Å². The number of aryl methyl sites for hydroxylation is 1. The molecular formula is C56H80N4O18S. The highest BCUT2D eigenvalue weighted by atomic mass is 32.1. The van der Waals surface area contributed by atoms with Crippen molar-refractivity contribution in [1.82, 2.24) is 15.5 Å². The molecule has 0 aliphatic carbocycles. The summed E-state index contributed by atoms with van der Waals surface area (Å²) in [5.41, 5.74) is 7.24. The number of nitrogens with two attached hydrogens (primary N) is 1. The fraction of sp³-hybridized carbons (Fsp3) is 0.607. The molecule has 22 nitrogen and oxygen atoms in total. The fourth-order valence-electron chi connectivity index (χ4n) is 8.34. The van der Waals surface area contributed by atoms with Crippen LogP contribution >= 0.6 is 12.6 Å². The number of ether oxygens (including phenoxy) is 6. The summed E-state index contributed by atoms with van der Waals surface area (Å²) in [5, 5.41) is 23.2. The second-order valence-corrected chi connectivity index (χ2v) is 20.2. The number of likely N-dealkylation sites (tertiary alicyclic amines) is 1. The largest absolute Gasteiger partial charge is 0.493 e. The van der Waals surface area contributed by atoms with Crippen molar-refractivity contribution in [2.75, 3.05) is 72.7 Å². The van der Waals surface area contributed by atoms with Gasteiger partial charge >= 0.3 is 17.9 Å². The summed E-state index contributed by atoms with van der Waals surface area (Å²) in [5.74, 6) is -7.35. The number of carbonyl (C=O) groups excluding carboxylic acids is 8. The lowest BCUT2D eigenvalue weighted by Crippen LogP contribution is -2.53. The predicted molar refractivity (Wildman–Crippen MR) is 291 cm³/mol. The summed E-state index contributed by atoms with van der Waals surface area (Å²) < 4.78 is 33.6. The standard InChI is InChI=1S/C56H80N4O18S/c1-6-56(2,3)51(67)53(69)60-23-8-7-12-44(60)55(72)78-46(18-13-36-14-19-47(73-4)48(32-36)74-5)38-11-9-10-37(30-38)31-41(62)16-20-49(64)58-22-25-76-27-29-77-28-26-75-24-21-40(61)15-17-42(57)45(63)33-39(34-50(65)66)52(68)59-43(35-79)54(70)71/h9-11,14,19,30,32,39,42-44,46,79H,6-8,12-13,15-18,20-29,31,33-35,57H2,1-5H3,(H,58,64)(H,59,68)(H,65,66)(H,70,71)/t39-,42-,43-,44?,46?/m0/s1. The highest BCUT2D eigenvalue weighted by molar-refractivity contribution is 7.80. The van der Waals surface area contributed by atoms with Gasteiger partial charge in [0.05, 0.1) is 72.2 Å². The van der Waals surface area contributed by atoms with Gasteiger partial charge in [-0.3, -0.25) is 38.4 Å². The molecule has 1 fully saturated rings. The van der Waals surface area contributed by atoms with Crippen LogP contribution in [-0.2, 0) is 79.7 Å². The molecular weight excluding hydrogens is 1050 g/mol. The Kier molecular flexibility index (Phi) is 30.0. The van der Waals surface area contributed by atoms with Gasteiger partial charge in [-0.25, -0.2) is 9.59 Å². The van der Waals surface area contributed by atoms with Crippen molar-refractivity contribution < 1.29 is 86.6 Å². The molecule has 79 heavy (non-hydrogen) atoms. The first kappa shape index (κ1) is 67.0. The van der Waals surface area contributed by atoms with Crippen LogP contribution in [-0.4, -0.2) is 165 Å². The first-order valence-corrected chi connectivity index (χ1v) is 27.3. The van der Waals surface area contributed by atoms with Crippen LogP contribution in [0.3, 0.4) is 0 Å². The number of methoxy groups -OCH3 is 2. The molecule has 0 aromatic heterocycles. The van der Waals surface area contributed by atoms with Crippen molar-refractivity contribution in [2.45, 2.75) is 135 Å². The van der Waals surface area contributed by atoms with Crippen LogP contribution in [0.1, 0.15) is 121 Å². The molecule has 2 unspecified atom stereocenters. The van der Waals surface area contributed by atoms with Crippen molar-refractivity contribution >= 4 is 71.4 Å². The molecule has 438 valence electrons. The van der Waals surface area contributed by atoms with E-state index in [0.717, 1.165) is 5.56 Å². The molecule has 0 radical (unpaired) electrons. The zero-order valence-electron chi connectivity index (χ0n) is 46.1. The maximum atomic E-state index is 14.0. The van der Waals surface area contributed by atoms with Crippen LogP contribution in [0.15, 0.2) is 42.5 Å². The number of Topliss-reactive ketones (excluding diaryl/α,β-unsaturated/α-hetero) is 4. The van der Waals surface area contributed by atoms with Crippen LogP contribution in [0.25, 0.3) is 0 Å². The van der Waals surface area contributed by atoms with Gasteiger partial charge in [0.25, 0.3) is 5.91 Å². The third kappa shape index (κ3) is 23.9. The van der Waals surface area contributed by atoms with Crippen molar-refractivity contribution in [2.24, 2.45) is 17.1 Å². The molecule has 6 N–H and O–H groups in total. The van der Waals surface area contributed by atoms with Gasteiger partial charge in [0.2, 0.25) is 17.6 Å².